The second-order valence-corrected chi connectivity index (χ2v) is 10.6. The number of amides is 2. The predicted molar refractivity (Wildman–Crippen MR) is 147 cm³/mol. The average Bonchev–Trinajstić information content (AvgIpc) is 3.43. The number of nitriles is 1. The van der Waals surface area contributed by atoms with Gasteiger partial charge in [-0.15, -0.1) is 0 Å². The van der Waals surface area contributed by atoms with Crippen molar-refractivity contribution in [3.8, 4) is 6.07 Å². The number of benzene rings is 1. The van der Waals surface area contributed by atoms with Gasteiger partial charge in [0.05, 0.1) is 18.1 Å². The summed E-state index contributed by atoms with van der Waals surface area (Å²) in [5, 5.41) is 13.0. The van der Waals surface area contributed by atoms with Gasteiger partial charge in [0.15, 0.2) is 0 Å². The number of unbranched alkanes of at least 4 members (excludes halogenated alkanes) is 1. The Morgan fingerprint density at radius 1 is 1.21 bits per heavy atom. The van der Waals surface area contributed by atoms with Gasteiger partial charge in [-0.1, -0.05) is 74.9 Å². The lowest BCUT2D eigenvalue weighted by Gasteiger charge is -2.32. The molecule has 1 aliphatic heterocycles. The molecule has 7 nitrogen and oxygen atoms in total. The monoisotopic (exact) mass is 519 g/mol. The molecular formula is C31H41N3O4. The quantitative estimate of drug-likeness (QED) is 0.315. The van der Waals surface area contributed by atoms with E-state index in [1.165, 1.54) is 0 Å². The molecule has 3 atom stereocenters. The highest BCUT2D eigenvalue weighted by Gasteiger charge is 2.40. The maximum absolute atomic E-state index is 13.1. The third-order valence-electron chi connectivity index (χ3n) is 7.97. The number of carbonyl (C=O) groups excluding carboxylic acids is 3. The number of allylic oxidation sites excluding steroid dienone is 3. The van der Waals surface area contributed by atoms with E-state index >= 15 is 0 Å². The normalized spacial score (nSPS) is 22.1. The Bertz CT molecular complexity index is 1070. The molecule has 0 unspecified atom stereocenters. The number of rotatable bonds is 12. The Hall–Kier alpha value is -3.40. The molecule has 38 heavy (non-hydrogen) atoms. The fourth-order valence-electron chi connectivity index (χ4n) is 5.57. The Morgan fingerprint density at radius 3 is 2.61 bits per heavy atom. The Labute approximate surface area is 226 Å². The molecule has 1 aliphatic carbocycles. The van der Waals surface area contributed by atoms with Crippen molar-refractivity contribution in [3.63, 3.8) is 0 Å². The summed E-state index contributed by atoms with van der Waals surface area (Å²) in [6.07, 6.45) is 11.6. The van der Waals surface area contributed by atoms with E-state index in [0.717, 1.165) is 18.4 Å². The van der Waals surface area contributed by atoms with Crippen molar-refractivity contribution >= 4 is 17.8 Å². The van der Waals surface area contributed by atoms with E-state index in [1.807, 2.05) is 42.5 Å². The third kappa shape index (κ3) is 6.53. The number of hydrogen-bond donors (Lipinski definition) is 1. The standard InChI is InChI=1S/C31H41N3O4/c1-4-38-29(37)30(18-10-6-11-19-30)23-33-28(36)26-16-13-21-34(26)27(35)17-9-12-20-31(22-32,24(2)3)25-14-7-5-8-15-25/h5-8,10-11,14-15,18,24,26H,4,9,12-13,16-17,19-21,23H2,1-3H3,(H,33,36)/t26-,30+,31+/m1/s1. The van der Waals surface area contributed by atoms with Gasteiger partial charge in [0, 0.05) is 19.5 Å². The first-order chi connectivity index (χ1) is 18.3. The van der Waals surface area contributed by atoms with Gasteiger partial charge in [-0.05, 0) is 50.5 Å². The first kappa shape index (κ1) is 29.2. The number of nitrogens with zero attached hydrogens (tertiary/aromatic N) is 2. The summed E-state index contributed by atoms with van der Waals surface area (Å²) >= 11 is 0. The van der Waals surface area contributed by atoms with E-state index in [0.29, 0.717) is 38.6 Å². The largest absolute Gasteiger partial charge is 0.465 e. The molecule has 0 spiro atoms. The van der Waals surface area contributed by atoms with Crippen molar-refractivity contribution in [2.24, 2.45) is 11.3 Å². The van der Waals surface area contributed by atoms with Crippen LogP contribution in [0.2, 0.25) is 0 Å². The number of carbonyl (C=O) groups is 3. The number of esters is 1. The minimum absolute atomic E-state index is 0.0323. The summed E-state index contributed by atoms with van der Waals surface area (Å²) in [5.41, 5.74) is -0.488. The highest BCUT2D eigenvalue weighted by Crippen LogP contribution is 2.37. The molecule has 1 N–H and O–H groups in total. The van der Waals surface area contributed by atoms with Crippen molar-refractivity contribution in [1.82, 2.24) is 10.2 Å². The van der Waals surface area contributed by atoms with Crippen molar-refractivity contribution in [3.05, 3.63) is 60.2 Å². The summed E-state index contributed by atoms with van der Waals surface area (Å²) in [7, 11) is 0. The fourth-order valence-corrected chi connectivity index (χ4v) is 5.57. The van der Waals surface area contributed by atoms with Crippen LogP contribution in [0, 0.1) is 22.7 Å². The maximum Gasteiger partial charge on any atom is 0.318 e. The van der Waals surface area contributed by atoms with Gasteiger partial charge >= 0.3 is 5.97 Å². The highest BCUT2D eigenvalue weighted by molar-refractivity contribution is 5.89. The second-order valence-electron chi connectivity index (χ2n) is 10.6. The van der Waals surface area contributed by atoms with Crippen LogP contribution in [0.3, 0.4) is 0 Å². The van der Waals surface area contributed by atoms with Gasteiger partial charge in [0.25, 0.3) is 0 Å². The highest BCUT2D eigenvalue weighted by atomic mass is 16.5. The average molecular weight is 520 g/mol. The van der Waals surface area contributed by atoms with Crippen molar-refractivity contribution in [2.45, 2.75) is 77.2 Å². The molecule has 2 amide bonds. The summed E-state index contributed by atoms with van der Waals surface area (Å²) in [6, 6.07) is 11.9. The first-order valence-corrected chi connectivity index (χ1v) is 13.8. The zero-order valence-corrected chi connectivity index (χ0v) is 22.9. The van der Waals surface area contributed by atoms with E-state index in [9.17, 15) is 19.6 Å². The SMILES string of the molecule is CCOC(=O)[C@@]1(CNC(=O)[C@H]2CCCN2C(=O)CCCC[C@@](C#N)(c2ccccc2)C(C)C)C=CC=CC1. The molecule has 204 valence electrons. The molecule has 3 rings (SSSR count). The Morgan fingerprint density at radius 2 is 1.97 bits per heavy atom. The molecule has 0 saturated carbocycles. The van der Waals surface area contributed by atoms with E-state index in [4.69, 9.17) is 4.74 Å². The fraction of sp³-hybridized carbons (Fsp3) is 0.548. The molecule has 7 heteroatoms. The van der Waals surface area contributed by atoms with Gasteiger partial charge in [-0.2, -0.15) is 5.26 Å². The molecule has 0 aromatic heterocycles. The van der Waals surface area contributed by atoms with Crippen LogP contribution in [-0.2, 0) is 24.5 Å². The van der Waals surface area contributed by atoms with Crippen LogP contribution in [0.1, 0.15) is 71.3 Å². The zero-order chi connectivity index (χ0) is 27.6. The van der Waals surface area contributed by atoms with Crippen LogP contribution in [0.15, 0.2) is 54.6 Å². The smallest absolute Gasteiger partial charge is 0.318 e. The number of likely N-dealkylation sites (tertiary alicyclic amines) is 1. The molecule has 1 aromatic rings. The van der Waals surface area contributed by atoms with E-state index in [2.05, 4.69) is 25.2 Å². The van der Waals surface area contributed by atoms with Crippen LogP contribution < -0.4 is 5.32 Å². The predicted octanol–water partition coefficient (Wildman–Crippen LogP) is 4.84. The number of ether oxygens (including phenoxy) is 1. The van der Waals surface area contributed by atoms with E-state index < -0.39 is 16.9 Å². The Kier molecular flexibility index (Phi) is 10.3. The topological polar surface area (TPSA) is 99.5 Å². The number of nitrogens with one attached hydrogen (secondary N) is 1. The molecule has 1 heterocycles. The summed E-state index contributed by atoms with van der Waals surface area (Å²) in [4.78, 5) is 40.6. The van der Waals surface area contributed by atoms with Crippen molar-refractivity contribution in [2.75, 3.05) is 19.7 Å². The van der Waals surface area contributed by atoms with Crippen LogP contribution in [-0.4, -0.2) is 48.4 Å². The van der Waals surface area contributed by atoms with Gasteiger partial charge in [0.1, 0.15) is 11.5 Å². The van der Waals surface area contributed by atoms with E-state index in [-0.39, 0.29) is 36.9 Å². The van der Waals surface area contributed by atoms with Crippen LogP contribution in [0.4, 0.5) is 0 Å². The minimum atomic E-state index is -0.920. The lowest BCUT2D eigenvalue weighted by atomic mass is 9.69. The lowest BCUT2D eigenvalue weighted by molar-refractivity contribution is -0.152. The van der Waals surface area contributed by atoms with Crippen molar-refractivity contribution in [1.29, 1.82) is 5.26 Å². The summed E-state index contributed by atoms with van der Waals surface area (Å²) < 4.78 is 5.27. The molecule has 0 radical (unpaired) electrons. The molecule has 0 bridgehead atoms. The summed E-state index contributed by atoms with van der Waals surface area (Å²) in [5.74, 6) is -0.472. The van der Waals surface area contributed by atoms with Crippen LogP contribution in [0.25, 0.3) is 0 Å². The third-order valence-corrected chi connectivity index (χ3v) is 7.97. The second kappa shape index (κ2) is 13.4. The van der Waals surface area contributed by atoms with E-state index in [1.54, 1.807) is 24.0 Å². The minimum Gasteiger partial charge on any atom is -0.465 e. The molecule has 2 aliphatic rings. The molecular weight excluding hydrogens is 478 g/mol. The molecule has 1 saturated heterocycles. The molecule has 1 fully saturated rings. The Balaban J connectivity index is 1.55. The zero-order valence-electron chi connectivity index (χ0n) is 22.9. The van der Waals surface area contributed by atoms with Gasteiger partial charge < -0.3 is 15.0 Å². The van der Waals surface area contributed by atoms with Crippen LogP contribution in [0.5, 0.6) is 0 Å². The summed E-state index contributed by atoms with van der Waals surface area (Å²) in [6.45, 7) is 6.87. The first-order valence-electron chi connectivity index (χ1n) is 13.8. The van der Waals surface area contributed by atoms with Gasteiger partial charge in [-0.25, -0.2) is 0 Å². The van der Waals surface area contributed by atoms with Gasteiger partial charge in [-0.3, -0.25) is 14.4 Å². The maximum atomic E-state index is 13.1. The van der Waals surface area contributed by atoms with Crippen molar-refractivity contribution < 1.29 is 19.1 Å². The lowest BCUT2D eigenvalue weighted by Crippen LogP contribution is -2.50. The van der Waals surface area contributed by atoms with Gasteiger partial charge in [0.2, 0.25) is 11.8 Å². The number of hydrogen-bond acceptors (Lipinski definition) is 5. The van der Waals surface area contributed by atoms with Crippen LogP contribution >= 0.6 is 0 Å². The molecule has 1 aromatic carbocycles.